The first-order valence-corrected chi connectivity index (χ1v) is 14.5. The highest BCUT2D eigenvalue weighted by molar-refractivity contribution is 7.99. The quantitative estimate of drug-likeness (QED) is 0.233. The average Bonchev–Trinajstić information content (AvgIpc) is 3.58. The monoisotopic (exact) mass is 598 g/mol. The van der Waals surface area contributed by atoms with Crippen molar-refractivity contribution in [1.82, 2.24) is 25.4 Å². The minimum absolute atomic E-state index is 0.192. The maximum atomic E-state index is 15.2. The second-order valence-corrected chi connectivity index (χ2v) is 11.9. The molecule has 1 aliphatic rings. The predicted octanol–water partition coefficient (Wildman–Crippen LogP) is 4.99. The number of ether oxygens (including phenoxy) is 2. The number of hydrogen-bond acceptors (Lipinski definition) is 8. The minimum Gasteiger partial charge on any atom is -0.444 e. The molecule has 1 aromatic heterocycles. The van der Waals surface area contributed by atoms with E-state index in [-0.39, 0.29) is 19.0 Å². The standard InChI is InChI=1S/C29H35FN6O5S/c1-19(37)31-15-23-17-36(28(39)40-23)22-10-11-24(25(30)14-22)21-8-6-20(7-9-21)16-35(27(38)41-29(2,3)4)12-5-13-42-26-32-18-33-34-26/h6-11,14,18,23H,5,12-13,15-17H2,1-4H3,(H,31,37)(H,32,33,34)/t23-/m0/s1. The molecule has 3 aromatic rings. The maximum absolute atomic E-state index is 15.2. The van der Waals surface area contributed by atoms with Crippen LogP contribution in [0.5, 0.6) is 0 Å². The first kappa shape index (κ1) is 30.8. The van der Waals surface area contributed by atoms with Gasteiger partial charge < -0.3 is 19.7 Å². The average molecular weight is 599 g/mol. The van der Waals surface area contributed by atoms with Crippen LogP contribution in [0.15, 0.2) is 53.9 Å². The molecule has 0 unspecified atom stereocenters. The number of aromatic nitrogens is 3. The van der Waals surface area contributed by atoms with Crippen LogP contribution in [-0.2, 0) is 20.8 Å². The molecular weight excluding hydrogens is 563 g/mol. The first-order chi connectivity index (χ1) is 20.0. The molecule has 3 amide bonds. The zero-order chi connectivity index (χ0) is 30.3. The van der Waals surface area contributed by atoms with Gasteiger partial charge >= 0.3 is 12.2 Å². The molecule has 1 atom stereocenters. The largest absolute Gasteiger partial charge is 0.444 e. The SMILES string of the molecule is CC(=O)NC[C@H]1CN(c2ccc(-c3ccc(CN(CCCSc4nc[nH]n4)C(=O)OC(C)(C)C)cc3)c(F)c2)C(=O)O1. The van der Waals surface area contributed by atoms with Crippen LogP contribution in [0, 0.1) is 5.82 Å². The van der Waals surface area contributed by atoms with Crippen LogP contribution in [0.1, 0.15) is 39.7 Å². The lowest BCUT2D eigenvalue weighted by Crippen LogP contribution is -2.37. The fraction of sp³-hybridized carbons (Fsp3) is 0.414. The van der Waals surface area contributed by atoms with Crippen molar-refractivity contribution >= 4 is 35.5 Å². The molecule has 224 valence electrons. The number of anilines is 1. The molecule has 1 saturated heterocycles. The minimum atomic E-state index is -0.630. The van der Waals surface area contributed by atoms with Crippen LogP contribution in [-0.4, -0.2) is 75.3 Å². The lowest BCUT2D eigenvalue weighted by atomic mass is 10.0. The van der Waals surface area contributed by atoms with E-state index < -0.39 is 29.7 Å². The first-order valence-electron chi connectivity index (χ1n) is 13.6. The van der Waals surface area contributed by atoms with E-state index in [9.17, 15) is 14.4 Å². The summed E-state index contributed by atoms with van der Waals surface area (Å²) in [7, 11) is 0. The van der Waals surface area contributed by atoms with E-state index >= 15 is 4.39 Å². The van der Waals surface area contributed by atoms with Crippen LogP contribution >= 0.6 is 11.8 Å². The number of rotatable bonds is 11. The Kier molecular flexibility index (Phi) is 10.0. The van der Waals surface area contributed by atoms with Crippen molar-refractivity contribution in [3.63, 3.8) is 0 Å². The van der Waals surface area contributed by atoms with Crippen molar-refractivity contribution < 1.29 is 28.2 Å². The zero-order valence-electron chi connectivity index (χ0n) is 24.1. The van der Waals surface area contributed by atoms with Crippen molar-refractivity contribution in [2.24, 2.45) is 0 Å². The van der Waals surface area contributed by atoms with Gasteiger partial charge in [0.05, 0.1) is 18.8 Å². The van der Waals surface area contributed by atoms with E-state index in [2.05, 4.69) is 20.5 Å². The highest BCUT2D eigenvalue weighted by Gasteiger charge is 2.32. The molecule has 13 heteroatoms. The van der Waals surface area contributed by atoms with Gasteiger partial charge in [-0.15, -0.1) is 5.10 Å². The molecule has 0 radical (unpaired) electrons. The second-order valence-electron chi connectivity index (χ2n) is 10.8. The van der Waals surface area contributed by atoms with Crippen LogP contribution in [0.2, 0.25) is 0 Å². The molecule has 0 aliphatic carbocycles. The van der Waals surface area contributed by atoms with Crippen LogP contribution in [0.4, 0.5) is 19.7 Å². The predicted molar refractivity (Wildman–Crippen MR) is 157 cm³/mol. The fourth-order valence-corrected chi connectivity index (χ4v) is 4.96. The van der Waals surface area contributed by atoms with Crippen molar-refractivity contribution in [3.05, 3.63) is 60.2 Å². The smallest absolute Gasteiger partial charge is 0.414 e. The Morgan fingerprint density at radius 2 is 2.00 bits per heavy atom. The van der Waals surface area contributed by atoms with Gasteiger partial charge in [-0.1, -0.05) is 36.0 Å². The molecule has 2 heterocycles. The van der Waals surface area contributed by atoms with Gasteiger partial charge in [0.1, 0.15) is 23.8 Å². The third-order valence-corrected chi connectivity index (χ3v) is 7.15. The number of cyclic esters (lactones) is 1. The molecule has 0 bridgehead atoms. The van der Waals surface area contributed by atoms with Crippen LogP contribution < -0.4 is 10.2 Å². The molecule has 1 fully saturated rings. The van der Waals surface area contributed by atoms with Crippen molar-refractivity contribution in [3.8, 4) is 11.1 Å². The third-order valence-electron chi connectivity index (χ3n) is 6.20. The fourth-order valence-electron chi connectivity index (χ4n) is 4.26. The number of aromatic amines is 1. The number of amides is 3. The zero-order valence-corrected chi connectivity index (χ0v) is 24.9. The number of halogens is 1. The second kappa shape index (κ2) is 13.7. The molecular formula is C29H35FN6O5S. The summed E-state index contributed by atoms with van der Waals surface area (Å²) < 4.78 is 26.1. The van der Waals surface area contributed by atoms with E-state index in [0.29, 0.717) is 41.5 Å². The summed E-state index contributed by atoms with van der Waals surface area (Å²) >= 11 is 1.50. The molecule has 0 saturated carbocycles. The Bertz CT molecular complexity index is 1380. The maximum Gasteiger partial charge on any atom is 0.414 e. The Labute approximate surface area is 248 Å². The molecule has 42 heavy (non-hydrogen) atoms. The van der Waals surface area contributed by atoms with Crippen molar-refractivity contribution in [1.29, 1.82) is 0 Å². The number of thioether (sulfide) groups is 1. The van der Waals surface area contributed by atoms with E-state index in [1.807, 2.05) is 32.9 Å². The normalized spacial score (nSPS) is 14.9. The number of benzene rings is 2. The Morgan fingerprint density at radius 1 is 1.24 bits per heavy atom. The Balaban J connectivity index is 1.40. The number of nitrogens with one attached hydrogen (secondary N) is 2. The van der Waals surface area contributed by atoms with Gasteiger partial charge in [0.15, 0.2) is 0 Å². The van der Waals surface area contributed by atoms with Gasteiger partial charge in [-0.2, -0.15) is 0 Å². The summed E-state index contributed by atoms with van der Waals surface area (Å²) in [6.07, 6.45) is 0.731. The van der Waals surface area contributed by atoms with Crippen molar-refractivity contribution in [2.75, 3.05) is 30.3 Å². The summed E-state index contributed by atoms with van der Waals surface area (Å²) in [4.78, 5) is 43.5. The Hall–Kier alpha value is -4.13. The summed E-state index contributed by atoms with van der Waals surface area (Å²) in [6.45, 7) is 8.08. The molecule has 1 aliphatic heterocycles. The number of carbonyl (C=O) groups is 3. The van der Waals surface area contributed by atoms with Gasteiger partial charge in [-0.3, -0.25) is 14.8 Å². The van der Waals surface area contributed by atoms with E-state index in [1.54, 1.807) is 29.2 Å². The molecule has 2 N–H and O–H groups in total. The number of H-pyrrole nitrogens is 1. The molecule has 4 rings (SSSR count). The number of hydrogen-bond donors (Lipinski definition) is 2. The van der Waals surface area contributed by atoms with Gasteiger partial charge in [-0.05, 0) is 56.5 Å². The lowest BCUT2D eigenvalue weighted by molar-refractivity contribution is -0.119. The topological polar surface area (TPSA) is 130 Å². The molecule has 0 spiro atoms. The third kappa shape index (κ3) is 8.68. The van der Waals surface area contributed by atoms with Gasteiger partial charge in [-0.25, -0.2) is 19.0 Å². The van der Waals surface area contributed by atoms with E-state index in [4.69, 9.17) is 9.47 Å². The Morgan fingerprint density at radius 3 is 2.64 bits per heavy atom. The van der Waals surface area contributed by atoms with E-state index in [1.165, 1.54) is 36.0 Å². The van der Waals surface area contributed by atoms with E-state index in [0.717, 1.165) is 11.3 Å². The van der Waals surface area contributed by atoms with Gasteiger partial charge in [0, 0.05) is 31.3 Å². The summed E-state index contributed by atoms with van der Waals surface area (Å²) in [5.74, 6) is 0.0235. The molecule has 11 nitrogen and oxygen atoms in total. The summed E-state index contributed by atoms with van der Waals surface area (Å²) in [5, 5.41) is 9.98. The van der Waals surface area contributed by atoms with Gasteiger partial charge in [0.2, 0.25) is 11.1 Å². The van der Waals surface area contributed by atoms with Gasteiger partial charge in [0.25, 0.3) is 0 Å². The highest BCUT2D eigenvalue weighted by Crippen LogP contribution is 2.29. The summed E-state index contributed by atoms with van der Waals surface area (Å²) in [6, 6.07) is 11.9. The molecule has 2 aromatic carbocycles. The number of carbonyl (C=O) groups excluding carboxylic acids is 3. The van der Waals surface area contributed by atoms with Crippen LogP contribution in [0.3, 0.4) is 0 Å². The lowest BCUT2D eigenvalue weighted by Gasteiger charge is -2.27. The summed E-state index contributed by atoms with van der Waals surface area (Å²) in [5.41, 5.74) is 1.64. The van der Waals surface area contributed by atoms with Crippen molar-refractivity contribution in [2.45, 2.75) is 57.5 Å². The highest BCUT2D eigenvalue weighted by atomic mass is 32.2. The van der Waals surface area contributed by atoms with Crippen LogP contribution in [0.25, 0.3) is 11.1 Å². The number of nitrogens with zero attached hydrogens (tertiary/aromatic N) is 4.